The molecular weight excluding hydrogens is 348 g/mol. The minimum absolute atomic E-state index is 0.120. The Bertz CT molecular complexity index is 848. The number of aromatic nitrogens is 1. The summed E-state index contributed by atoms with van der Waals surface area (Å²) in [5.41, 5.74) is 4.88. The maximum absolute atomic E-state index is 12.9. The van der Waals surface area contributed by atoms with E-state index < -0.39 is 0 Å². The summed E-state index contributed by atoms with van der Waals surface area (Å²) < 4.78 is 0. The van der Waals surface area contributed by atoms with Crippen molar-refractivity contribution in [1.29, 1.82) is 0 Å². The van der Waals surface area contributed by atoms with E-state index in [4.69, 9.17) is 0 Å². The summed E-state index contributed by atoms with van der Waals surface area (Å²) in [5, 5.41) is 0. The zero-order valence-corrected chi connectivity index (χ0v) is 17.3. The number of aryl methyl sites for hydroxylation is 2. The minimum atomic E-state index is 0.120. The molecule has 2 amide bonds. The van der Waals surface area contributed by atoms with E-state index >= 15 is 0 Å². The number of amides is 2. The molecule has 2 aromatic rings. The molecule has 0 bridgehead atoms. The normalized spacial score (nSPS) is 24.4. The van der Waals surface area contributed by atoms with Crippen LogP contribution in [0.2, 0.25) is 0 Å². The third-order valence-electron chi connectivity index (χ3n) is 6.23. The van der Waals surface area contributed by atoms with E-state index in [1.54, 1.807) is 4.90 Å². The number of hydrogen-bond donors (Lipinski definition) is 0. The van der Waals surface area contributed by atoms with Crippen LogP contribution < -0.4 is 0 Å². The van der Waals surface area contributed by atoms with Gasteiger partial charge in [0.05, 0.1) is 11.7 Å². The molecule has 28 heavy (non-hydrogen) atoms. The van der Waals surface area contributed by atoms with Crippen molar-refractivity contribution in [2.75, 3.05) is 33.7 Å². The van der Waals surface area contributed by atoms with Crippen molar-refractivity contribution in [2.45, 2.75) is 26.4 Å². The first-order chi connectivity index (χ1) is 13.4. The van der Waals surface area contributed by atoms with Crippen LogP contribution in [0.1, 0.15) is 28.4 Å². The number of carbonyl (C=O) groups excluding carboxylic acids is 1. The molecule has 1 aromatic carbocycles. The number of nitrogens with zero attached hydrogens (tertiary/aromatic N) is 4. The van der Waals surface area contributed by atoms with Crippen molar-refractivity contribution in [1.82, 2.24) is 19.7 Å². The fourth-order valence-corrected chi connectivity index (χ4v) is 4.86. The molecule has 0 saturated carbocycles. The molecule has 5 heteroatoms. The molecular formula is C23H30N4O. The van der Waals surface area contributed by atoms with E-state index in [0.717, 1.165) is 31.9 Å². The van der Waals surface area contributed by atoms with Gasteiger partial charge in [0.2, 0.25) is 0 Å². The topological polar surface area (TPSA) is 39.7 Å². The number of urea groups is 1. The lowest BCUT2D eigenvalue weighted by Crippen LogP contribution is -2.41. The van der Waals surface area contributed by atoms with Gasteiger partial charge < -0.3 is 9.80 Å². The fourth-order valence-electron chi connectivity index (χ4n) is 4.86. The van der Waals surface area contributed by atoms with Crippen LogP contribution in [0.15, 0.2) is 42.6 Å². The second-order valence-corrected chi connectivity index (χ2v) is 8.58. The molecule has 2 saturated heterocycles. The molecule has 0 radical (unpaired) electrons. The Morgan fingerprint density at radius 3 is 2.57 bits per heavy atom. The summed E-state index contributed by atoms with van der Waals surface area (Å²) in [5.74, 6) is 0.981. The van der Waals surface area contributed by atoms with Crippen molar-refractivity contribution in [3.05, 3.63) is 65.0 Å². The molecule has 0 N–H and O–H groups in total. The van der Waals surface area contributed by atoms with Crippen LogP contribution in [0, 0.1) is 25.7 Å². The second-order valence-electron chi connectivity index (χ2n) is 8.58. The molecule has 5 nitrogen and oxygen atoms in total. The first-order valence-corrected chi connectivity index (χ1v) is 10.1. The van der Waals surface area contributed by atoms with E-state index in [0.29, 0.717) is 11.8 Å². The number of fused-ring (bicyclic) bond motifs is 1. The summed E-state index contributed by atoms with van der Waals surface area (Å²) in [6.45, 7) is 7.98. The maximum Gasteiger partial charge on any atom is 0.320 e. The Labute approximate surface area is 168 Å². The lowest BCUT2D eigenvalue weighted by molar-refractivity contribution is 0.151. The molecule has 1 aromatic heterocycles. The second kappa shape index (κ2) is 7.55. The number of hydrogen-bond acceptors (Lipinski definition) is 3. The van der Waals surface area contributed by atoms with Crippen molar-refractivity contribution < 1.29 is 4.79 Å². The average Bonchev–Trinajstić information content (AvgIpc) is 3.20. The van der Waals surface area contributed by atoms with Crippen molar-refractivity contribution in [3.8, 4) is 0 Å². The first-order valence-electron chi connectivity index (χ1n) is 10.1. The molecule has 4 rings (SSSR count). The van der Waals surface area contributed by atoms with Crippen molar-refractivity contribution >= 4 is 6.03 Å². The van der Waals surface area contributed by atoms with Gasteiger partial charge in [-0.3, -0.25) is 9.88 Å². The highest BCUT2D eigenvalue weighted by atomic mass is 16.2. The minimum Gasteiger partial charge on any atom is -0.331 e. The summed E-state index contributed by atoms with van der Waals surface area (Å²) >= 11 is 0. The van der Waals surface area contributed by atoms with Crippen LogP contribution >= 0.6 is 0 Å². The summed E-state index contributed by atoms with van der Waals surface area (Å²) in [4.78, 5) is 23.8. The first kappa shape index (κ1) is 18.9. The highest BCUT2D eigenvalue weighted by Gasteiger charge is 2.49. The monoisotopic (exact) mass is 378 g/mol. The van der Waals surface area contributed by atoms with Crippen LogP contribution in [0.4, 0.5) is 4.79 Å². The molecule has 0 spiro atoms. The summed E-state index contributed by atoms with van der Waals surface area (Å²) in [7, 11) is 3.70. The highest BCUT2D eigenvalue weighted by Crippen LogP contribution is 2.46. The van der Waals surface area contributed by atoms with E-state index in [9.17, 15) is 4.79 Å². The zero-order valence-electron chi connectivity index (χ0n) is 17.3. The average molecular weight is 379 g/mol. The van der Waals surface area contributed by atoms with E-state index in [2.05, 4.69) is 65.0 Å². The quantitative estimate of drug-likeness (QED) is 0.821. The Morgan fingerprint density at radius 1 is 1.11 bits per heavy atom. The molecule has 3 heterocycles. The van der Waals surface area contributed by atoms with Gasteiger partial charge >= 0.3 is 6.03 Å². The van der Waals surface area contributed by atoms with Crippen LogP contribution in [-0.2, 0) is 6.54 Å². The Morgan fingerprint density at radius 2 is 1.89 bits per heavy atom. The molecule has 3 atom stereocenters. The van der Waals surface area contributed by atoms with Crippen LogP contribution in [0.3, 0.4) is 0 Å². The van der Waals surface area contributed by atoms with Gasteiger partial charge in [-0.1, -0.05) is 30.3 Å². The molecule has 148 valence electrons. The number of carbonyl (C=O) groups is 1. The van der Waals surface area contributed by atoms with Crippen LogP contribution in [-0.4, -0.2) is 59.4 Å². The summed E-state index contributed by atoms with van der Waals surface area (Å²) in [6.07, 6.45) is 1.94. The predicted molar refractivity (Wildman–Crippen MR) is 111 cm³/mol. The Kier molecular flexibility index (Phi) is 5.11. The van der Waals surface area contributed by atoms with Gasteiger partial charge in [0.15, 0.2) is 0 Å². The highest BCUT2D eigenvalue weighted by molar-refractivity contribution is 5.75. The summed E-state index contributed by atoms with van der Waals surface area (Å²) in [6, 6.07) is 13.1. The number of likely N-dealkylation sites (tertiary alicyclic amines) is 2. The predicted octanol–water partition coefficient (Wildman–Crippen LogP) is 3.48. The van der Waals surface area contributed by atoms with Crippen LogP contribution in [0.25, 0.3) is 0 Å². The zero-order chi connectivity index (χ0) is 19.8. The van der Waals surface area contributed by atoms with Crippen LogP contribution in [0.5, 0.6) is 0 Å². The lowest BCUT2D eigenvalue weighted by atomic mass is 9.88. The van der Waals surface area contributed by atoms with E-state index in [1.165, 1.54) is 16.7 Å². The maximum atomic E-state index is 12.9. The molecule has 0 unspecified atom stereocenters. The van der Waals surface area contributed by atoms with Gasteiger partial charge in [-0.25, -0.2) is 4.79 Å². The van der Waals surface area contributed by atoms with Crippen molar-refractivity contribution in [2.24, 2.45) is 11.8 Å². The molecule has 2 aliphatic rings. The van der Waals surface area contributed by atoms with Crippen molar-refractivity contribution in [3.63, 3.8) is 0 Å². The molecule has 2 aliphatic heterocycles. The van der Waals surface area contributed by atoms with E-state index in [1.807, 2.05) is 20.3 Å². The van der Waals surface area contributed by atoms with Gasteiger partial charge in [-0.15, -0.1) is 0 Å². The number of benzene rings is 1. The Hall–Kier alpha value is -2.40. The van der Waals surface area contributed by atoms with E-state index in [-0.39, 0.29) is 12.1 Å². The van der Waals surface area contributed by atoms with Gasteiger partial charge in [0, 0.05) is 52.4 Å². The number of pyridine rings is 1. The largest absolute Gasteiger partial charge is 0.331 e. The van der Waals surface area contributed by atoms with Gasteiger partial charge in [0.1, 0.15) is 0 Å². The van der Waals surface area contributed by atoms with Gasteiger partial charge in [-0.05, 0) is 42.5 Å². The van der Waals surface area contributed by atoms with Gasteiger partial charge in [-0.2, -0.15) is 0 Å². The number of rotatable bonds is 3. The third-order valence-corrected chi connectivity index (χ3v) is 6.23. The molecule has 0 aliphatic carbocycles. The Balaban J connectivity index is 1.57. The lowest BCUT2D eigenvalue weighted by Gasteiger charge is -2.32. The molecule has 2 fully saturated rings. The standard InChI is InChI=1S/C23H30N4O/c1-16-9-10-19(24-11-16)14-26-12-18-13-27(23(28)25(3)4)22(21(18)15-26)20-8-6-5-7-17(20)2/h5-11,18,21-22H,12-15H2,1-4H3/t18-,21-,22+/m1/s1. The fraction of sp³-hybridized carbons (Fsp3) is 0.478. The van der Waals surface area contributed by atoms with Gasteiger partial charge in [0.25, 0.3) is 0 Å². The smallest absolute Gasteiger partial charge is 0.320 e. The third kappa shape index (κ3) is 3.51. The SMILES string of the molecule is Cc1ccc(CN2C[C@@H]3CN(C(=O)N(C)C)[C@@H](c4ccccc4C)[C@@H]3C2)nc1.